The number of anilines is 1. The summed E-state index contributed by atoms with van der Waals surface area (Å²) >= 11 is 5.64. The first kappa shape index (κ1) is 10.1. The molecule has 13 heavy (non-hydrogen) atoms. The van der Waals surface area contributed by atoms with E-state index in [2.05, 4.69) is 4.89 Å². The Hall–Kier alpha value is -1.00. The topological polar surface area (TPSA) is 44.5 Å². The van der Waals surface area contributed by atoms with E-state index in [0.717, 1.165) is 6.07 Å². The van der Waals surface area contributed by atoms with E-state index in [1.54, 1.807) is 6.92 Å². The lowest BCUT2D eigenvalue weighted by atomic mass is 10.3. The fraction of sp³-hybridized carbons (Fsp3) is 0.250. The van der Waals surface area contributed by atoms with Crippen LogP contribution in [0.15, 0.2) is 12.1 Å². The van der Waals surface area contributed by atoms with Gasteiger partial charge in [0.25, 0.3) is 0 Å². The number of halogens is 2. The molecule has 1 aromatic carbocycles. The number of nitrogen functional groups attached to an aromatic ring is 1. The number of benzene rings is 1. The molecule has 1 rings (SSSR count). The first-order chi connectivity index (χ1) is 6.15. The minimum absolute atomic E-state index is 0.0286. The molecular formula is C8H9ClFNO2. The summed E-state index contributed by atoms with van der Waals surface area (Å²) in [6.07, 6.45) is 0. The van der Waals surface area contributed by atoms with E-state index in [1.807, 2.05) is 0 Å². The standard InChI is InChI=1S/C8H9ClFNO2/c1-2-12-13-8-4-7(11)6(10)3-5(8)9/h3-4H,2,11H2,1H3. The van der Waals surface area contributed by atoms with Crippen LogP contribution >= 0.6 is 11.6 Å². The maximum absolute atomic E-state index is 12.8. The van der Waals surface area contributed by atoms with Gasteiger partial charge in [-0.25, -0.2) is 4.39 Å². The maximum atomic E-state index is 12.8. The van der Waals surface area contributed by atoms with Crippen LogP contribution in [0.3, 0.4) is 0 Å². The van der Waals surface area contributed by atoms with Gasteiger partial charge in [-0.05, 0) is 13.0 Å². The zero-order chi connectivity index (χ0) is 9.84. The minimum atomic E-state index is -0.575. The molecule has 0 saturated heterocycles. The molecular weight excluding hydrogens is 197 g/mol. The molecule has 5 heteroatoms. The van der Waals surface area contributed by atoms with Gasteiger partial charge in [-0.2, -0.15) is 4.89 Å². The second-order valence-corrected chi connectivity index (χ2v) is 2.70. The number of rotatable bonds is 3. The highest BCUT2D eigenvalue weighted by Gasteiger charge is 2.07. The molecule has 0 amide bonds. The lowest BCUT2D eigenvalue weighted by Gasteiger charge is -2.06. The van der Waals surface area contributed by atoms with Crippen molar-refractivity contribution in [1.29, 1.82) is 0 Å². The molecule has 0 heterocycles. The molecule has 3 nitrogen and oxygen atoms in total. The normalized spacial score (nSPS) is 10.1. The molecule has 0 saturated carbocycles. The Bertz CT molecular complexity index is 306. The van der Waals surface area contributed by atoms with Crippen LogP contribution < -0.4 is 10.6 Å². The highest BCUT2D eigenvalue weighted by molar-refractivity contribution is 6.32. The molecule has 0 radical (unpaired) electrons. The molecule has 0 atom stereocenters. The van der Waals surface area contributed by atoms with Gasteiger partial charge in [0.15, 0.2) is 5.75 Å². The van der Waals surface area contributed by atoms with Crippen LogP contribution in [0.25, 0.3) is 0 Å². The van der Waals surface area contributed by atoms with Crippen molar-refractivity contribution in [2.45, 2.75) is 6.92 Å². The van der Waals surface area contributed by atoms with Gasteiger partial charge in [0.05, 0.1) is 17.3 Å². The zero-order valence-electron chi connectivity index (χ0n) is 7.01. The summed E-state index contributed by atoms with van der Waals surface area (Å²) < 4.78 is 12.8. The van der Waals surface area contributed by atoms with E-state index in [-0.39, 0.29) is 16.5 Å². The van der Waals surface area contributed by atoms with E-state index in [9.17, 15) is 4.39 Å². The lowest BCUT2D eigenvalue weighted by molar-refractivity contribution is -0.201. The number of hydrogen-bond acceptors (Lipinski definition) is 3. The Labute approximate surface area is 80.1 Å². The largest absolute Gasteiger partial charge is 0.396 e. The van der Waals surface area contributed by atoms with Gasteiger partial charge in [-0.3, -0.25) is 0 Å². The van der Waals surface area contributed by atoms with Gasteiger partial charge in [0, 0.05) is 6.07 Å². The van der Waals surface area contributed by atoms with Gasteiger partial charge in [-0.1, -0.05) is 11.6 Å². The van der Waals surface area contributed by atoms with E-state index >= 15 is 0 Å². The number of hydrogen-bond donors (Lipinski definition) is 1. The summed E-state index contributed by atoms with van der Waals surface area (Å²) in [5.41, 5.74) is 5.26. The Morgan fingerprint density at radius 2 is 2.23 bits per heavy atom. The van der Waals surface area contributed by atoms with E-state index in [4.69, 9.17) is 22.2 Å². The molecule has 0 unspecified atom stereocenters. The second-order valence-electron chi connectivity index (χ2n) is 2.29. The summed E-state index contributed by atoms with van der Waals surface area (Å²) in [5.74, 6) is -0.365. The van der Waals surface area contributed by atoms with E-state index in [0.29, 0.717) is 6.61 Å². The third-order valence-corrected chi connectivity index (χ3v) is 1.61. The summed E-state index contributed by atoms with van der Waals surface area (Å²) in [5, 5.41) is 0.125. The monoisotopic (exact) mass is 205 g/mol. The molecule has 72 valence electrons. The van der Waals surface area contributed by atoms with Crippen molar-refractivity contribution in [3.8, 4) is 5.75 Å². The smallest absolute Gasteiger partial charge is 0.186 e. The van der Waals surface area contributed by atoms with Crippen molar-refractivity contribution in [3.63, 3.8) is 0 Å². The molecule has 0 spiro atoms. The maximum Gasteiger partial charge on any atom is 0.186 e. The Balaban J connectivity index is 2.88. The fourth-order valence-electron chi connectivity index (χ4n) is 0.731. The first-order valence-electron chi connectivity index (χ1n) is 3.69. The predicted octanol–water partition coefficient (Wildman–Crippen LogP) is 2.39. The average molecular weight is 206 g/mol. The molecule has 0 fully saturated rings. The van der Waals surface area contributed by atoms with Crippen LogP contribution in [0.5, 0.6) is 5.75 Å². The van der Waals surface area contributed by atoms with Crippen LogP contribution in [0.2, 0.25) is 5.02 Å². The fourth-order valence-corrected chi connectivity index (χ4v) is 0.913. The Morgan fingerprint density at radius 1 is 1.54 bits per heavy atom. The molecule has 0 aliphatic carbocycles. The quantitative estimate of drug-likeness (QED) is 0.468. The highest BCUT2D eigenvalue weighted by atomic mass is 35.5. The van der Waals surface area contributed by atoms with Gasteiger partial charge in [0.2, 0.25) is 0 Å². The average Bonchev–Trinajstić information content (AvgIpc) is 2.09. The van der Waals surface area contributed by atoms with Crippen LogP contribution in [0.1, 0.15) is 6.92 Å². The van der Waals surface area contributed by atoms with Crippen molar-refractivity contribution in [3.05, 3.63) is 23.0 Å². The predicted molar refractivity (Wildman–Crippen MR) is 48.1 cm³/mol. The SMILES string of the molecule is CCOOc1cc(N)c(F)cc1Cl. The van der Waals surface area contributed by atoms with Crippen molar-refractivity contribution in [2.24, 2.45) is 0 Å². The van der Waals surface area contributed by atoms with Crippen molar-refractivity contribution in [2.75, 3.05) is 12.3 Å². The van der Waals surface area contributed by atoms with E-state index < -0.39 is 5.82 Å². The van der Waals surface area contributed by atoms with Crippen molar-refractivity contribution < 1.29 is 14.2 Å². The van der Waals surface area contributed by atoms with Crippen LogP contribution in [-0.2, 0) is 4.89 Å². The van der Waals surface area contributed by atoms with Crippen molar-refractivity contribution >= 4 is 17.3 Å². The molecule has 0 bridgehead atoms. The summed E-state index contributed by atoms with van der Waals surface area (Å²) in [6, 6.07) is 2.35. The Morgan fingerprint density at radius 3 is 2.85 bits per heavy atom. The lowest BCUT2D eigenvalue weighted by Crippen LogP contribution is -1.98. The van der Waals surface area contributed by atoms with Crippen LogP contribution in [0.4, 0.5) is 10.1 Å². The van der Waals surface area contributed by atoms with Gasteiger partial charge in [0.1, 0.15) is 5.82 Å². The minimum Gasteiger partial charge on any atom is -0.396 e. The van der Waals surface area contributed by atoms with Crippen LogP contribution in [0, 0.1) is 5.82 Å². The zero-order valence-corrected chi connectivity index (χ0v) is 7.77. The van der Waals surface area contributed by atoms with Crippen molar-refractivity contribution in [1.82, 2.24) is 0 Å². The molecule has 2 N–H and O–H groups in total. The van der Waals surface area contributed by atoms with Gasteiger partial charge < -0.3 is 10.6 Å². The first-order valence-corrected chi connectivity index (χ1v) is 4.07. The molecule has 1 aromatic rings. The van der Waals surface area contributed by atoms with Gasteiger partial charge >= 0.3 is 0 Å². The molecule has 0 aliphatic heterocycles. The summed E-state index contributed by atoms with van der Waals surface area (Å²) in [6.45, 7) is 2.12. The summed E-state index contributed by atoms with van der Waals surface area (Å²) in [4.78, 5) is 9.38. The highest BCUT2D eigenvalue weighted by Crippen LogP contribution is 2.28. The third-order valence-electron chi connectivity index (χ3n) is 1.32. The molecule has 0 aromatic heterocycles. The molecule has 0 aliphatic rings. The Kier molecular flexibility index (Phi) is 3.33. The number of nitrogens with two attached hydrogens (primary N) is 1. The summed E-state index contributed by atoms with van der Waals surface area (Å²) in [7, 11) is 0. The van der Waals surface area contributed by atoms with E-state index in [1.165, 1.54) is 6.07 Å². The van der Waals surface area contributed by atoms with Crippen LogP contribution in [-0.4, -0.2) is 6.61 Å². The second kappa shape index (κ2) is 4.30. The van der Waals surface area contributed by atoms with Gasteiger partial charge in [-0.15, -0.1) is 0 Å². The third kappa shape index (κ3) is 2.47.